The van der Waals surface area contributed by atoms with Gasteiger partial charge in [0.25, 0.3) is 0 Å². The minimum absolute atomic E-state index is 0.105. The fraction of sp³-hybridized carbons (Fsp3) is 0.286. The van der Waals surface area contributed by atoms with Gasteiger partial charge in [-0.15, -0.1) is 0 Å². The molecule has 0 unspecified atom stereocenters. The van der Waals surface area contributed by atoms with Crippen molar-refractivity contribution < 1.29 is 4.79 Å². The third-order valence-electron chi connectivity index (χ3n) is 4.26. The van der Waals surface area contributed by atoms with E-state index in [9.17, 15) is 4.79 Å². The highest BCUT2D eigenvalue weighted by molar-refractivity contribution is 6.16. The summed E-state index contributed by atoms with van der Waals surface area (Å²) in [5.41, 5.74) is 3.82. The molecular formula is C21H23NO. The van der Waals surface area contributed by atoms with E-state index in [0.29, 0.717) is 5.92 Å². The third-order valence-corrected chi connectivity index (χ3v) is 4.26. The third kappa shape index (κ3) is 3.21. The normalized spacial score (nSPS) is 11.3. The van der Waals surface area contributed by atoms with Gasteiger partial charge in [0.1, 0.15) is 0 Å². The van der Waals surface area contributed by atoms with Crippen molar-refractivity contribution in [2.24, 2.45) is 5.92 Å². The molecular weight excluding hydrogens is 282 g/mol. The smallest absolute Gasteiger partial charge is 0.195 e. The molecule has 23 heavy (non-hydrogen) atoms. The monoisotopic (exact) mass is 305 g/mol. The van der Waals surface area contributed by atoms with Crippen LogP contribution in [-0.2, 0) is 6.54 Å². The van der Waals surface area contributed by atoms with E-state index in [1.807, 2.05) is 55.6 Å². The first-order chi connectivity index (χ1) is 11.1. The van der Waals surface area contributed by atoms with E-state index in [0.717, 1.165) is 40.6 Å². The van der Waals surface area contributed by atoms with Crippen LogP contribution in [0, 0.1) is 12.8 Å². The SMILES string of the molecule is Cc1cccc(C(=O)c2cn(CCC(C)C)c3ccccc23)c1. The first-order valence-corrected chi connectivity index (χ1v) is 8.25. The van der Waals surface area contributed by atoms with Crippen molar-refractivity contribution in [1.82, 2.24) is 4.57 Å². The van der Waals surface area contributed by atoms with Crippen LogP contribution in [0.3, 0.4) is 0 Å². The predicted octanol–water partition coefficient (Wildman–Crippen LogP) is 5.23. The second-order valence-electron chi connectivity index (χ2n) is 6.63. The number of hydrogen-bond donors (Lipinski definition) is 0. The molecule has 0 saturated carbocycles. The Hall–Kier alpha value is -2.35. The van der Waals surface area contributed by atoms with Gasteiger partial charge >= 0.3 is 0 Å². The lowest BCUT2D eigenvalue weighted by molar-refractivity contribution is 0.104. The lowest BCUT2D eigenvalue weighted by Gasteiger charge is -2.07. The molecule has 0 bridgehead atoms. The molecule has 2 nitrogen and oxygen atoms in total. The predicted molar refractivity (Wildman–Crippen MR) is 96.0 cm³/mol. The van der Waals surface area contributed by atoms with Crippen LogP contribution in [-0.4, -0.2) is 10.4 Å². The highest BCUT2D eigenvalue weighted by atomic mass is 16.1. The molecule has 0 N–H and O–H groups in total. The summed E-state index contributed by atoms with van der Waals surface area (Å²) in [5.74, 6) is 0.750. The number of aryl methyl sites for hydroxylation is 2. The lowest BCUT2D eigenvalue weighted by atomic mass is 10.0. The second kappa shape index (κ2) is 6.41. The number of rotatable bonds is 5. The Labute approximate surface area is 137 Å². The van der Waals surface area contributed by atoms with Crippen LogP contribution < -0.4 is 0 Å². The van der Waals surface area contributed by atoms with E-state index in [1.54, 1.807) is 0 Å². The molecule has 2 heteroatoms. The van der Waals surface area contributed by atoms with Crippen molar-refractivity contribution in [3.63, 3.8) is 0 Å². The number of carbonyl (C=O) groups excluding carboxylic acids is 1. The Kier molecular flexibility index (Phi) is 4.33. The zero-order valence-electron chi connectivity index (χ0n) is 14.0. The van der Waals surface area contributed by atoms with Crippen LogP contribution in [0.15, 0.2) is 54.7 Å². The Morgan fingerprint density at radius 2 is 1.87 bits per heavy atom. The van der Waals surface area contributed by atoms with E-state index in [-0.39, 0.29) is 5.78 Å². The van der Waals surface area contributed by atoms with E-state index >= 15 is 0 Å². The number of hydrogen-bond acceptors (Lipinski definition) is 1. The summed E-state index contributed by atoms with van der Waals surface area (Å²) in [5, 5.41) is 1.04. The van der Waals surface area contributed by atoms with Crippen LogP contribution in [0.2, 0.25) is 0 Å². The minimum Gasteiger partial charge on any atom is -0.347 e. The van der Waals surface area contributed by atoms with Crippen molar-refractivity contribution in [1.29, 1.82) is 0 Å². The number of nitrogens with zero attached hydrogens (tertiary/aromatic N) is 1. The van der Waals surface area contributed by atoms with Crippen LogP contribution in [0.1, 0.15) is 41.8 Å². The van der Waals surface area contributed by atoms with Gasteiger partial charge in [0.15, 0.2) is 5.78 Å². The highest BCUT2D eigenvalue weighted by Gasteiger charge is 2.16. The van der Waals surface area contributed by atoms with Gasteiger partial charge in [-0.05, 0) is 31.4 Å². The summed E-state index contributed by atoms with van der Waals surface area (Å²) in [6.45, 7) is 7.41. The van der Waals surface area contributed by atoms with Crippen LogP contribution >= 0.6 is 0 Å². The van der Waals surface area contributed by atoms with Crippen molar-refractivity contribution in [2.45, 2.75) is 33.7 Å². The van der Waals surface area contributed by atoms with Crippen molar-refractivity contribution in [3.05, 3.63) is 71.4 Å². The van der Waals surface area contributed by atoms with Gasteiger partial charge in [0.2, 0.25) is 0 Å². The molecule has 118 valence electrons. The Bertz CT molecular complexity index is 842. The van der Waals surface area contributed by atoms with Crippen molar-refractivity contribution in [3.8, 4) is 0 Å². The maximum absolute atomic E-state index is 13.0. The molecule has 0 spiro atoms. The van der Waals surface area contributed by atoms with Crippen LogP contribution in [0.5, 0.6) is 0 Å². The van der Waals surface area contributed by atoms with Gasteiger partial charge < -0.3 is 4.57 Å². The van der Waals surface area contributed by atoms with E-state index in [1.165, 1.54) is 0 Å². The number of fused-ring (bicyclic) bond motifs is 1. The largest absolute Gasteiger partial charge is 0.347 e. The standard InChI is InChI=1S/C21H23NO/c1-15(2)11-12-22-14-19(18-9-4-5-10-20(18)22)21(23)17-8-6-7-16(3)13-17/h4-10,13-15H,11-12H2,1-3H3. The van der Waals surface area contributed by atoms with Gasteiger partial charge in [0.05, 0.1) is 0 Å². The Balaban J connectivity index is 2.05. The molecule has 0 saturated heterocycles. The highest BCUT2D eigenvalue weighted by Crippen LogP contribution is 2.25. The summed E-state index contributed by atoms with van der Waals surface area (Å²) < 4.78 is 2.22. The first-order valence-electron chi connectivity index (χ1n) is 8.25. The average Bonchev–Trinajstić information content (AvgIpc) is 2.91. The van der Waals surface area contributed by atoms with E-state index in [4.69, 9.17) is 0 Å². The molecule has 3 aromatic rings. The van der Waals surface area contributed by atoms with E-state index in [2.05, 4.69) is 24.5 Å². The molecule has 3 rings (SSSR count). The maximum Gasteiger partial charge on any atom is 0.195 e. The molecule has 0 fully saturated rings. The van der Waals surface area contributed by atoms with Crippen LogP contribution in [0.4, 0.5) is 0 Å². The molecule has 0 aliphatic heterocycles. The first kappa shape index (κ1) is 15.5. The van der Waals surface area contributed by atoms with Gasteiger partial charge in [0, 0.05) is 34.8 Å². The number of para-hydroxylation sites is 1. The fourth-order valence-corrected chi connectivity index (χ4v) is 2.95. The molecule has 0 aliphatic rings. The van der Waals surface area contributed by atoms with E-state index < -0.39 is 0 Å². The second-order valence-corrected chi connectivity index (χ2v) is 6.63. The summed E-state index contributed by atoms with van der Waals surface area (Å²) >= 11 is 0. The van der Waals surface area contributed by atoms with Gasteiger partial charge in [-0.3, -0.25) is 4.79 Å². The molecule has 1 aromatic heterocycles. The number of carbonyl (C=O) groups is 1. The molecule has 0 radical (unpaired) electrons. The molecule has 1 heterocycles. The number of ketones is 1. The summed E-state index contributed by atoms with van der Waals surface area (Å²) in [4.78, 5) is 13.0. The van der Waals surface area contributed by atoms with Gasteiger partial charge in [-0.1, -0.05) is 55.8 Å². The zero-order chi connectivity index (χ0) is 16.4. The summed E-state index contributed by atoms with van der Waals surface area (Å²) in [7, 11) is 0. The van der Waals surface area contributed by atoms with Crippen LogP contribution in [0.25, 0.3) is 10.9 Å². The molecule has 0 atom stereocenters. The Morgan fingerprint density at radius 3 is 2.61 bits per heavy atom. The lowest BCUT2D eigenvalue weighted by Crippen LogP contribution is -2.02. The minimum atomic E-state index is 0.105. The van der Waals surface area contributed by atoms with Crippen molar-refractivity contribution in [2.75, 3.05) is 0 Å². The van der Waals surface area contributed by atoms with Crippen molar-refractivity contribution >= 4 is 16.7 Å². The number of benzene rings is 2. The maximum atomic E-state index is 13.0. The quantitative estimate of drug-likeness (QED) is 0.592. The summed E-state index contributed by atoms with van der Waals surface area (Å²) in [6, 6.07) is 16.0. The van der Waals surface area contributed by atoms with Gasteiger partial charge in [-0.25, -0.2) is 0 Å². The average molecular weight is 305 g/mol. The van der Waals surface area contributed by atoms with Gasteiger partial charge in [-0.2, -0.15) is 0 Å². The fourth-order valence-electron chi connectivity index (χ4n) is 2.95. The summed E-state index contributed by atoms with van der Waals surface area (Å²) in [6.07, 6.45) is 3.13. The topological polar surface area (TPSA) is 22.0 Å². The number of aromatic nitrogens is 1. The Morgan fingerprint density at radius 1 is 1.09 bits per heavy atom. The molecule has 0 amide bonds. The molecule has 0 aliphatic carbocycles. The molecule has 2 aromatic carbocycles. The zero-order valence-corrected chi connectivity index (χ0v) is 14.0.